The molecule has 2 heterocycles. The van der Waals surface area contributed by atoms with Gasteiger partial charge in [0, 0.05) is 19.6 Å². The number of ether oxygens (including phenoxy) is 1. The van der Waals surface area contributed by atoms with Crippen molar-refractivity contribution in [2.75, 3.05) is 19.8 Å². The van der Waals surface area contributed by atoms with Gasteiger partial charge in [-0.3, -0.25) is 0 Å². The average molecular weight is 291 g/mol. The molecule has 0 aliphatic carbocycles. The Balaban J connectivity index is 2.07. The Bertz CT molecular complexity index is 570. The van der Waals surface area contributed by atoms with Crippen molar-refractivity contribution < 1.29 is 32.6 Å². The molecule has 3 N–H and O–H groups in total. The molecule has 19 heavy (non-hydrogen) atoms. The minimum Gasteiger partial charge on any atom is -0.475 e. The SMILES string of the molecule is O=C(O)c1ccc(S(=O)(=O)NCC2(O)CCOC2)o1. The van der Waals surface area contributed by atoms with Crippen LogP contribution in [0, 0.1) is 0 Å². The smallest absolute Gasteiger partial charge is 0.371 e. The Labute approximate surface area is 109 Å². The van der Waals surface area contributed by atoms with Crippen LogP contribution < -0.4 is 4.72 Å². The van der Waals surface area contributed by atoms with Crippen LogP contribution in [0.3, 0.4) is 0 Å². The molecule has 1 atom stereocenters. The van der Waals surface area contributed by atoms with Gasteiger partial charge in [-0.25, -0.2) is 17.9 Å². The summed E-state index contributed by atoms with van der Waals surface area (Å²) in [5.41, 5.74) is -1.24. The standard InChI is InChI=1S/C10H13NO7S/c12-9(13)7-1-2-8(18-7)19(15,16)11-5-10(14)3-4-17-6-10/h1-2,11,14H,3-6H2,(H,12,13). The highest BCUT2D eigenvalue weighted by atomic mass is 32.2. The summed E-state index contributed by atoms with van der Waals surface area (Å²) in [5, 5.41) is 18.1. The molecule has 2 rings (SSSR count). The van der Waals surface area contributed by atoms with E-state index in [9.17, 15) is 18.3 Å². The quantitative estimate of drug-likeness (QED) is 0.661. The van der Waals surface area contributed by atoms with Crippen molar-refractivity contribution >= 4 is 16.0 Å². The van der Waals surface area contributed by atoms with Crippen LogP contribution >= 0.6 is 0 Å². The summed E-state index contributed by atoms with van der Waals surface area (Å²) in [6, 6.07) is 2.09. The molecule has 0 radical (unpaired) electrons. The third kappa shape index (κ3) is 3.13. The van der Waals surface area contributed by atoms with Crippen LogP contribution in [-0.2, 0) is 14.8 Å². The maximum atomic E-state index is 11.8. The van der Waals surface area contributed by atoms with Crippen molar-refractivity contribution in [1.82, 2.24) is 4.72 Å². The molecule has 1 aromatic heterocycles. The molecule has 9 heteroatoms. The highest BCUT2D eigenvalue weighted by Gasteiger charge is 2.34. The molecule has 1 aliphatic rings. The molecular formula is C10H13NO7S. The van der Waals surface area contributed by atoms with E-state index in [-0.39, 0.29) is 13.2 Å². The molecule has 0 spiro atoms. The Morgan fingerprint density at radius 3 is 2.74 bits per heavy atom. The van der Waals surface area contributed by atoms with E-state index in [4.69, 9.17) is 14.3 Å². The summed E-state index contributed by atoms with van der Waals surface area (Å²) in [4.78, 5) is 10.6. The molecule has 106 valence electrons. The number of carboxylic acids is 1. The van der Waals surface area contributed by atoms with Crippen LogP contribution in [0.5, 0.6) is 0 Å². The predicted molar refractivity (Wildman–Crippen MR) is 61.2 cm³/mol. The summed E-state index contributed by atoms with van der Waals surface area (Å²) < 4.78 is 35.5. The van der Waals surface area contributed by atoms with Gasteiger partial charge in [-0.1, -0.05) is 0 Å². The Hall–Kier alpha value is -1.42. The molecule has 0 aromatic carbocycles. The summed E-state index contributed by atoms with van der Waals surface area (Å²) >= 11 is 0. The minimum atomic E-state index is -3.99. The number of rotatable bonds is 5. The van der Waals surface area contributed by atoms with Crippen molar-refractivity contribution in [3.05, 3.63) is 17.9 Å². The van der Waals surface area contributed by atoms with E-state index < -0.39 is 32.4 Å². The number of hydrogen-bond donors (Lipinski definition) is 3. The second kappa shape index (κ2) is 4.93. The summed E-state index contributed by atoms with van der Waals surface area (Å²) in [7, 11) is -3.99. The van der Waals surface area contributed by atoms with E-state index in [0.717, 1.165) is 12.1 Å². The lowest BCUT2D eigenvalue weighted by Gasteiger charge is -2.19. The topological polar surface area (TPSA) is 126 Å². The lowest BCUT2D eigenvalue weighted by Crippen LogP contribution is -2.43. The van der Waals surface area contributed by atoms with Crippen LogP contribution in [-0.4, -0.2) is 50.0 Å². The molecule has 0 amide bonds. The first-order chi connectivity index (χ1) is 8.82. The van der Waals surface area contributed by atoms with Gasteiger partial charge >= 0.3 is 5.97 Å². The van der Waals surface area contributed by atoms with E-state index in [1.807, 2.05) is 0 Å². The maximum absolute atomic E-state index is 11.8. The lowest BCUT2D eigenvalue weighted by atomic mass is 10.1. The molecule has 0 bridgehead atoms. The molecular weight excluding hydrogens is 278 g/mol. The predicted octanol–water partition coefficient (Wildman–Crippen LogP) is -0.593. The van der Waals surface area contributed by atoms with E-state index in [0.29, 0.717) is 13.0 Å². The van der Waals surface area contributed by atoms with Crippen molar-refractivity contribution in [3.63, 3.8) is 0 Å². The Kier molecular flexibility index (Phi) is 3.63. The first-order valence-corrected chi connectivity index (χ1v) is 6.94. The maximum Gasteiger partial charge on any atom is 0.371 e. The molecule has 1 saturated heterocycles. The fourth-order valence-corrected chi connectivity index (χ4v) is 2.66. The van der Waals surface area contributed by atoms with E-state index in [1.165, 1.54) is 0 Å². The number of carboxylic acid groups (broad SMARTS) is 1. The van der Waals surface area contributed by atoms with Gasteiger partial charge in [-0.05, 0) is 12.1 Å². The Morgan fingerprint density at radius 2 is 2.21 bits per heavy atom. The summed E-state index contributed by atoms with van der Waals surface area (Å²) in [6.07, 6.45) is 0.327. The van der Waals surface area contributed by atoms with Gasteiger partial charge in [-0.2, -0.15) is 0 Å². The second-order valence-corrected chi connectivity index (χ2v) is 5.97. The molecule has 1 aliphatic heterocycles. The van der Waals surface area contributed by atoms with Crippen LogP contribution in [0.25, 0.3) is 0 Å². The highest BCUT2D eigenvalue weighted by Crippen LogP contribution is 2.19. The Morgan fingerprint density at radius 1 is 1.47 bits per heavy atom. The third-order valence-corrected chi connectivity index (χ3v) is 4.00. The summed E-state index contributed by atoms with van der Waals surface area (Å²) in [5.74, 6) is -1.83. The largest absolute Gasteiger partial charge is 0.475 e. The van der Waals surface area contributed by atoms with Gasteiger partial charge in [0.05, 0.1) is 6.61 Å². The van der Waals surface area contributed by atoms with Crippen LogP contribution in [0.15, 0.2) is 21.6 Å². The van der Waals surface area contributed by atoms with E-state index >= 15 is 0 Å². The summed E-state index contributed by atoms with van der Waals surface area (Å²) in [6.45, 7) is 0.189. The number of hydrogen-bond acceptors (Lipinski definition) is 6. The molecule has 0 saturated carbocycles. The third-order valence-electron chi connectivity index (χ3n) is 2.73. The molecule has 8 nitrogen and oxygen atoms in total. The monoisotopic (exact) mass is 291 g/mol. The van der Waals surface area contributed by atoms with Crippen molar-refractivity contribution in [1.29, 1.82) is 0 Å². The minimum absolute atomic E-state index is 0.0497. The van der Waals surface area contributed by atoms with Gasteiger partial charge in [0.1, 0.15) is 5.60 Å². The normalized spacial score (nSPS) is 23.6. The van der Waals surface area contributed by atoms with Crippen LogP contribution in [0.2, 0.25) is 0 Å². The number of carbonyl (C=O) groups is 1. The van der Waals surface area contributed by atoms with Gasteiger partial charge in [0.15, 0.2) is 0 Å². The number of aromatic carboxylic acids is 1. The van der Waals surface area contributed by atoms with Crippen LogP contribution in [0.1, 0.15) is 17.0 Å². The van der Waals surface area contributed by atoms with Gasteiger partial charge in [-0.15, -0.1) is 0 Å². The fourth-order valence-electron chi connectivity index (χ4n) is 1.62. The van der Waals surface area contributed by atoms with Gasteiger partial charge < -0.3 is 19.4 Å². The second-order valence-electron chi connectivity index (χ2n) is 4.28. The number of aliphatic hydroxyl groups is 1. The first kappa shape index (κ1) is 14.0. The molecule has 1 unspecified atom stereocenters. The zero-order valence-corrected chi connectivity index (χ0v) is 10.6. The first-order valence-electron chi connectivity index (χ1n) is 5.45. The van der Waals surface area contributed by atoms with E-state index in [1.54, 1.807) is 0 Å². The van der Waals surface area contributed by atoms with Crippen molar-refractivity contribution in [2.24, 2.45) is 0 Å². The molecule has 1 fully saturated rings. The van der Waals surface area contributed by atoms with E-state index in [2.05, 4.69) is 4.72 Å². The number of furan rings is 1. The van der Waals surface area contributed by atoms with Crippen LogP contribution in [0.4, 0.5) is 0 Å². The number of sulfonamides is 1. The molecule has 1 aromatic rings. The van der Waals surface area contributed by atoms with Gasteiger partial charge in [0.25, 0.3) is 10.0 Å². The zero-order chi connectivity index (χ0) is 14.1. The number of nitrogens with one attached hydrogen (secondary N) is 1. The fraction of sp³-hybridized carbons (Fsp3) is 0.500. The lowest BCUT2D eigenvalue weighted by molar-refractivity contribution is 0.0314. The average Bonchev–Trinajstić information content (AvgIpc) is 2.96. The van der Waals surface area contributed by atoms with Crippen molar-refractivity contribution in [2.45, 2.75) is 17.1 Å². The van der Waals surface area contributed by atoms with Crippen molar-refractivity contribution in [3.8, 4) is 0 Å². The van der Waals surface area contributed by atoms with Gasteiger partial charge in [0.2, 0.25) is 10.9 Å². The highest BCUT2D eigenvalue weighted by molar-refractivity contribution is 7.89. The zero-order valence-electron chi connectivity index (χ0n) is 9.83.